The molecule has 0 amide bonds. The predicted molar refractivity (Wildman–Crippen MR) is 68.9 cm³/mol. The van der Waals surface area contributed by atoms with Crippen molar-refractivity contribution in [2.75, 3.05) is 6.61 Å². The normalized spacial score (nSPS) is 20.1. The van der Waals surface area contributed by atoms with Crippen molar-refractivity contribution in [3.63, 3.8) is 0 Å². The maximum absolute atomic E-state index is 10.7. The average molecular weight is 264 g/mol. The van der Waals surface area contributed by atoms with Crippen molar-refractivity contribution in [2.45, 2.75) is 37.6 Å². The summed E-state index contributed by atoms with van der Waals surface area (Å²) in [5.41, 5.74) is 1.77. The first-order chi connectivity index (χ1) is 8.75. The van der Waals surface area contributed by atoms with E-state index in [1.165, 1.54) is 0 Å². The SMILES string of the molecule is O=C=NC1(c2cc(Cl)c3c(c2)CCO3)CCCC1. The number of aliphatic imine (C=N–C) groups is 1. The Morgan fingerprint density at radius 2 is 2.11 bits per heavy atom. The Labute approximate surface area is 111 Å². The zero-order valence-electron chi connectivity index (χ0n) is 10.0. The monoisotopic (exact) mass is 263 g/mol. The van der Waals surface area contributed by atoms with E-state index in [4.69, 9.17) is 16.3 Å². The average Bonchev–Trinajstić information content (AvgIpc) is 2.98. The first-order valence-electron chi connectivity index (χ1n) is 6.30. The summed E-state index contributed by atoms with van der Waals surface area (Å²) in [5.74, 6) is 0.795. The van der Waals surface area contributed by atoms with Crippen LogP contribution in [0, 0.1) is 0 Å². The Morgan fingerprint density at radius 1 is 1.33 bits per heavy atom. The van der Waals surface area contributed by atoms with Gasteiger partial charge in [-0.15, -0.1) is 0 Å². The fourth-order valence-electron chi connectivity index (χ4n) is 3.04. The molecule has 3 nitrogen and oxygen atoms in total. The Morgan fingerprint density at radius 3 is 2.83 bits per heavy atom. The van der Waals surface area contributed by atoms with Crippen molar-refractivity contribution in [2.24, 2.45) is 4.99 Å². The largest absolute Gasteiger partial charge is 0.491 e. The van der Waals surface area contributed by atoms with Gasteiger partial charge in [-0.1, -0.05) is 24.4 Å². The van der Waals surface area contributed by atoms with Gasteiger partial charge < -0.3 is 4.74 Å². The number of halogens is 1. The summed E-state index contributed by atoms with van der Waals surface area (Å²) in [5, 5.41) is 0.632. The molecule has 1 saturated carbocycles. The molecule has 0 saturated heterocycles. The van der Waals surface area contributed by atoms with E-state index >= 15 is 0 Å². The molecule has 3 rings (SSSR count). The van der Waals surface area contributed by atoms with Crippen molar-refractivity contribution in [3.8, 4) is 5.75 Å². The topological polar surface area (TPSA) is 38.7 Å². The third kappa shape index (κ3) is 1.75. The second kappa shape index (κ2) is 4.42. The van der Waals surface area contributed by atoms with Gasteiger partial charge in [0.15, 0.2) is 0 Å². The first kappa shape index (κ1) is 11.8. The molecule has 0 aromatic heterocycles. The molecule has 18 heavy (non-hydrogen) atoms. The van der Waals surface area contributed by atoms with Crippen LogP contribution in [-0.2, 0) is 16.8 Å². The number of hydrogen-bond donors (Lipinski definition) is 0. The van der Waals surface area contributed by atoms with E-state index in [0.717, 1.165) is 49.0 Å². The quantitative estimate of drug-likeness (QED) is 0.606. The predicted octanol–water partition coefficient (Wildman–Crippen LogP) is 3.38. The third-order valence-electron chi connectivity index (χ3n) is 3.97. The summed E-state index contributed by atoms with van der Waals surface area (Å²) < 4.78 is 5.50. The highest BCUT2D eigenvalue weighted by atomic mass is 35.5. The summed E-state index contributed by atoms with van der Waals surface area (Å²) in [6.45, 7) is 0.683. The Balaban J connectivity index is 2.11. The molecule has 94 valence electrons. The van der Waals surface area contributed by atoms with E-state index in [1.54, 1.807) is 6.08 Å². The molecular weight excluding hydrogens is 250 g/mol. The molecule has 0 N–H and O–H groups in total. The second-order valence-electron chi connectivity index (χ2n) is 4.99. The molecule has 1 aromatic carbocycles. The molecule has 0 unspecified atom stereocenters. The molecule has 0 atom stereocenters. The standard InChI is InChI=1S/C14H14ClNO2/c15-12-8-11(7-10-3-6-18-13(10)12)14(16-9-17)4-1-2-5-14/h7-8H,1-6H2. The molecule has 0 bridgehead atoms. The Kier molecular flexibility index (Phi) is 2.89. The fourth-order valence-corrected chi connectivity index (χ4v) is 3.34. The van der Waals surface area contributed by atoms with Gasteiger partial charge in [0.2, 0.25) is 6.08 Å². The minimum atomic E-state index is -0.400. The van der Waals surface area contributed by atoms with Gasteiger partial charge in [-0.25, -0.2) is 4.79 Å². The summed E-state index contributed by atoms with van der Waals surface area (Å²) in [6, 6.07) is 4.00. The van der Waals surface area contributed by atoms with Gasteiger partial charge in [-0.3, -0.25) is 0 Å². The lowest BCUT2D eigenvalue weighted by Crippen LogP contribution is -2.19. The second-order valence-corrected chi connectivity index (χ2v) is 5.39. The molecular formula is C14H14ClNO2. The lowest BCUT2D eigenvalue weighted by atomic mass is 9.87. The van der Waals surface area contributed by atoms with Crippen LogP contribution in [0.3, 0.4) is 0 Å². The lowest BCUT2D eigenvalue weighted by molar-refractivity contribution is 0.357. The number of rotatable bonds is 2. The Bertz CT molecular complexity index is 529. The number of nitrogens with zero attached hydrogens (tertiary/aromatic N) is 1. The summed E-state index contributed by atoms with van der Waals surface area (Å²) >= 11 is 6.25. The number of hydrogen-bond acceptors (Lipinski definition) is 3. The van der Waals surface area contributed by atoms with Crippen LogP contribution in [-0.4, -0.2) is 12.7 Å². The van der Waals surface area contributed by atoms with Crippen LogP contribution >= 0.6 is 11.6 Å². The Hall–Kier alpha value is -1.31. The number of carbonyl (C=O) groups excluding carboxylic acids is 1. The molecule has 1 heterocycles. The maximum atomic E-state index is 10.7. The molecule has 1 aromatic rings. The van der Waals surface area contributed by atoms with Gasteiger partial charge in [0, 0.05) is 6.42 Å². The van der Waals surface area contributed by atoms with Crippen molar-refractivity contribution in [3.05, 3.63) is 28.3 Å². The number of fused-ring (bicyclic) bond motifs is 1. The number of ether oxygens (including phenoxy) is 1. The minimum absolute atomic E-state index is 0.400. The van der Waals surface area contributed by atoms with Gasteiger partial charge in [0.1, 0.15) is 5.75 Å². The molecule has 2 aliphatic rings. The molecule has 1 fully saturated rings. The van der Waals surface area contributed by atoms with Gasteiger partial charge in [-0.2, -0.15) is 4.99 Å². The highest BCUT2D eigenvalue weighted by Gasteiger charge is 2.37. The molecule has 1 aliphatic heterocycles. The van der Waals surface area contributed by atoms with Crippen LogP contribution in [0.2, 0.25) is 5.02 Å². The molecule has 1 aliphatic carbocycles. The first-order valence-corrected chi connectivity index (χ1v) is 6.68. The number of isocyanates is 1. The highest BCUT2D eigenvalue weighted by molar-refractivity contribution is 6.32. The van der Waals surface area contributed by atoms with Crippen molar-refractivity contribution >= 4 is 17.7 Å². The third-order valence-corrected chi connectivity index (χ3v) is 4.25. The van der Waals surface area contributed by atoms with Crippen LogP contribution in [0.15, 0.2) is 17.1 Å². The maximum Gasteiger partial charge on any atom is 0.235 e. The lowest BCUT2D eigenvalue weighted by Gasteiger charge is -2.23. The molecule has 0 radical (unpaired) electrons. The summed E-state index contributed by atoms with van der Waals surface area (Å²) in [4.78, 5) is 14.8. The van der Waals surface area contributed by atoms with Gasteiger partial charge in [0.05, 0.1) is 17.2 Å². The van der Waals surface area contributed by atoms with Gasteiger partial charge in [-0.05, 0) is 36.1 Å². The minimum Gasteiger partial charge on any atom is -0.491 e. The van der Waals surface area contributed by atoms with E-state index in [-0.39, 0.29) is 0 Å². The molecule has 4 heteroatoms. The van der Waals surface area contributed by atoms with Crippen molar-refractivity contribution in [1.82, 2.24) is 0 Å². The van der Waals surface area contributed by atoms with Gasteiger partial charge in [0.25, 0.3) is 0 Å². The van der Waals surface area contributed by atoms with E-state index in [1.807, 2.05) is 6.07 Å². The number of benzene rings is 1. The van der Waals surface area contributed by atoms with E-state index in [9.17, 15) is 4.79 Å². The van der Waals surface area contributed by atoms with Crippen LogP contribution in [0.4, 0.5) is 0 Å². The van der Waals surface area contributed by atoms with Crippen LogP contribution in [0.1, 0.15) is 36.8 Å². The van der Waals surface area contributed by atoms with E-state index in [2.05, 4.69) is 11.1 Å². The molecule has 0 spiro atoms. The zero-order valence-corrected chi connectivity index (χ0v) is 10.8. The van der Waals surface area contributed by atoms with E-state index < -0.39 is 5.54 Å². The van der Waals surface area contributed by atoms with E-state index in [0.29, 0.717) is 11.6 Å². The van der Waals surface area contributed by atoms with Crippen molar-refractivity contribution < 1.29 is 9.53 Å². The van der Waals surface area contributed by atoms with Crippen LogP contribution in [0.5, 0.6) is 5.75 Å². The zero-order chi connectivity index (χ0) is 12.6. The fraction of sp³-hybridized carbons (Fsp3) is 0.500. The van der Waals surface area contributed by atoms with Crippen molar-refractivity contribution in [1.29, 1.82) is 0 Å². The van der Waals surface area contributed by atoms with Crippen LogP contribution in [0.25, 0.3) is 0 Å². The summed E-state index contributed by atoms with van der Waals surface area (Å²) in [6.07, 6.45) is 6.60. The highest BCUT2D eigenvalue weighted by Crippen LogP contribution is 2.45. The van der Waals surface area contributed by atoms with Gasteiger partial charge >= 0.3 is 0 Å². The summed E-state index contributed by atoms with van der Waals surface area (Å²) in [7, 11) is 0. The smallest absolute Gasteiger partial charge is 0.235 e. The van der Waals surface area contributed by atoms with Crippen LogP contribution < -0.4 is 4.74 Å².